The Bertz CT molecular complexity index is 1220. The minimum absolute atomic E-state index is 0.0798. The normalized spacial score (nSPS) is 24.4. The SMILES string of the molecule is C#C[C@]1(COCc2ccccc2)O[C@@H](n2ccc(=O)[nH]c2=O)C(O)C1OCc1ccccc1. The summed E-state index contributed by atoms with van der Waals surface area (Å²) in [4.78, 5) is 26.0. The lowest BCUT2D eigenvalue weighted by molar-refractivity contribution is -0.124. The van der Waals surface area contributed by atoms with Crippen molar-refractivity contribution >= 4 is 0 Å². The van der Waals surface area contributed by atoms with Gasteiger partial charge in [0.25, 0.3) is 5.56 Å². The van der Waals surface area contributed by atoms with Gasteiger partial charge in [-0.2, -0.15) is 0 Å². The highest BCUT2D eigenvalue weighted by Crippen LogP contribution is 2.39. The molecule has 2 aromatic carbocycles. The summed E-state index contributed by atoms with van der Waals surface area (Å²) >= 11 is 0. The molecule has 0 saturated carbocycles. The molecule has 0 spiro atoms. The number of H-pyrrole nitrogens is 1. The number of nitrogens with one attached hydrogen (secondary N) is 1. The molecular weight excluding hydrogens is 424 g/mol. The molecule has 1 aliphatic heterocycles. The van der Waals surface area contributed by atoms with Crippen LogP contribution in [0.4, 0.5) is 0 Å². The number of aliphatic hydroxyl groups excluding tert-OH is 1. The molecule has 0 aliphatic carbocycles. The number of aromatic nitrogens is 2. The Morgan fingerprint density at radius 1 is 1.03 bits per heavy atom. The van der Waals surface area contributed by atoms with Crippen molar-refractivity contribution in [3.05, 3.63) is 105 Å². The van der Waals surface area contributed by atoms with E-state index in [1.807, 2.05) is 60.7 Å². The van der Waals surface area contributed by atoms with E-state index in [2.05, 4.69) is 10.9 Å². The van der Waals surface area contributed by atoms with Crippen molar-refractivity contribution in [2.75, 3.05) is 6.61 Å². The summed E-state index contributed by atoms with van der Waals surface area (Å²) in [5.74, 6) is 2.59. The van der Waals surface area contributed by atoms with Crippen LogP contribution in [0.25, 0.3) is 0 Å². The summed E-state index contributed by atoms with van der Waals surface area (Å²) in [5.41, 5.74) is -0.936. The van der Waals surface area contributed by atoms with Crippen LogP contribution in [-0.4, -0.2) is 39.1 Å². The lowest BCUT2D eigenvalue weighted by atomic mass is 9.96. The molecule has 8 heteroatoms. The fourth-order valence-electron chi connectivity index (χ4n) is 3.79. The first-order valence-corrected chi connectivity index (χ1v) is 10.4. The van der Waals surface area contributed by atoms with Gasteiger partial charge in [0.05, 0.1) is 19.8 Å². The molecule has 1 saturated heterocycles. The molecule has 1 fully saturated rings. The second-order valence-corrected chi connectivity index (χ2v) is 7.75. The summed E-state index contributed by atoms with van der Waals surface area (Å²) < 4.78 is 19.0. The van der Waals surface area contributed by atoms with Crippen molar-refractivity contribution in [1.82, 2.24) is 9.55 Å². The zero-order valence-electron chi connectivity index (χ0n) is 17.8. The number of nitrogens with zero attached hydrogens (tertiary/aromatic N) is 1. The van der Waals surface area contributed by atoms with Gasteiger partial charge in [0.15, 0.2) is 11.8 Å². The molecule has 1 aromatic heterocycles. The Balaban J connectivity index is 1.60. The first-order chi connectivity index (χ1) is 16.0. The van der Waals surface area contributed by atoms with E-state index < -0.39 is 35.3 Å². The molecule has 1 aliphatic rings. The van der Waals surface area contributed by atoms with Gasteiger partial charge in [-0.05, 0) is 11.1 Å². The van der Waals surface area contributed by atoms with Gasteiger partial charge in [-0.15, -0.1) is 6.42 Å². The van der Waals surface area contributed by atoms with Gasteiger partial charge < -0.3 is 19.3 Å². The van der Waals surface area contributed by atoms with Crippen LogP contribution in [0.15, 0.2) is 82.5 Å². The third-order valence-electron chi connectivity index (χ3n) is 5.46. The highest BCUT2D eigenvalue weighted by Gasteiger charge is 2.56. The van der Waals surface area contributed by atoms with E-state index in [0.717, 1.165) is 15.7 Å². The molecule has 8 nitrogen and oxygen atoms in total. The molecule has 33 heavy (non-hydrogen) atoms. The van der Waals surface area contributed by atoms with Crippen LogP contribution in [-0.2, 0) is 27.4 Å². The van der Waals surface area contributed by atoms with Crippen LogP contribution in [0.3, 0.4) is 0 Å². The van der Waals surface area contributed by atoms with Gasteiger partial charge >= 0.3 is 5.69 Å². The Morgan fingerprint density at radius 2 is 1.67 bits per heavy atom. The van der Waals surface area contributed by atoms with Gasteiger partial charge in [-0.1, -0.05) is 66.6 Å². The van der Waals surface area contributed by atoms with Gasteiger partial charge in [0.1, 0.15) is 12.2 Å². The maximum Gasteiger partial charge on any atom is 0.330 e. The van der Waals surface area contributed by atoms with E-state index in [4.69, 9.17) is 20.6 Å². The molecule has 0 amide bonds. The summed E-state index contributed by atoms with van der Waals surface area (Å²) in [6.45, 7) is 0.364. The van der Waals surface area contributed by atoms with Crippen molar-refractivity contribution in [1.29, 1.82) is 0 Å². The minimum atomic E-state index is -1.47. The van der Waals surface area contributed by atoms with E-state index in [-0.39, 0.29) is 19.8 Å². The van der Waals surface area contributed by atoms with Crippen molar-refractivity contribution in [2.45, 2.75) is 37.3 Å². The number of terminal acetylenes is 1. The molecule has 3 aromatic rings. The van der Waals surface area contributed by atoms with Gasteiger partial charge in [0, 0.05) is 12.3 Å². The molecule has 2 N–H and O–H groups in total. The van der Waals surface area contributed by atoms with Gasteiger partial charge in [-0.25, -0.2) is 4.79 Å². The summed E-state index contributed by atoms with van der Waals surface area (Å²) in [6.07, 6.45) is 3.66. The quantitative estimate of drug-likeness (QED) is 0.508. The van der Waals surface area contributed by atoms with Gasteiger partial charge in [0.2, 0.25) is 0 Å². The van der Waals surface area contributed by atoms with Crippen LogP contribution < -0.4 is 11.2 Å². The summed E-state index contributed by atoms with van der Waals surface area (Å²) in [7, 11) is 0. The number of ether oxygens (including phenoxy) is 3. The molecule has 2 unspecified atom stereocenters. The molecule has 2 heterocycles. The average Bonchev–Trinajstić information content (AvgIpc) is 3.10. The minimum Gasteiger partial charge on any atom is -0.386 e. The predicted molar refractivity (Wildman–Crippen MR) is 120 cm³/mol. The van der Waals surface area contributed by atoms with Crippen LogP contribution in [0.1, 0.15) is 17.4 Å². The highest BCUT2D eigenvalue weighted by molar-refractivity contribution is 5.21. The summed E-state index contributed by atoms with van der Waals surface area (Å²) in [5, 5.41) is 11.1. The zero-order chi connectivity index (χ0) is 23.3. The Hall–Kier alpha value is -3.48. The number of hydrogen-bond donors (Lipinski definition) is 2. The standard InChI is InChI=1S/C25H24N2O6/c1-2-25(17-31-15-18-9-5-3-6-10-18)22(32-16-19-11-7-4-8-12-19)21(29)23(33-25)27-14-13-20(28)26-24(27)30/h1,3-14,21-23,29H,15-17H2,(H,26,28,30)/t21?,22?,23-,25-/m1/s1. The van der Waals surface area contributed by atoms with Crippen molar-refractivity contribution < 1.29 is 19.3 Å². The summed E-state index contributed by atoms with van der Waals surface area (Å²) in [6, 6.07) is 20.1. The average molecular weight is 448 g/mol. The van der Waals surface area contributed by atoms with Crippen LogP contribution >= 0.6 is 0 Å². The van der Waals surface area contributed by atoms with Crippen LogP contribution in [0, 0.1) is 12.3 Å². The molecule has 0 bridgehead atoms. The van der Waals surface area contributed by atoms with E-state index >= 15 is 0 Å². The number of aliphatic hydroxyl groups is 1. The molecule has 4 rings (SSSR count). The van der Waals surface area contributed by atoms with E-state index in [1.165, 1.54) is 12.3 Å². The second-order valence-electron chi connectivity index (χ2n) is 7.75. The zero-order valence-corrected chi connectivity index (χ0v) is 17.8. The number of aromatic amines is 1. The van der Waals surface area contributed by atoms with E-state index in [9.17, 15) is 14.7 Å². The first-order valence-electron chi connectivity index (χ1n) is 10.4. The maximum absolute atomic E-state index is 12.3. The van der Waals surface area contributed by atoms with Crippen LogP contribution in [0.2, 0.25) is 0 Å². The lowest BCUT2D eigenvalue weighted by Gasteiger charge is -2.29. The molecule has 170 valence electrons. The number of benzene rings is 2. The Morgan fingerprint density at radius 3 is 2.27 bits per heavy atom. The molecule has 0 radical (unpaired) electrons. The van der Waals surface area contributed by atoms with Crippen LogP contribution in [0.5, 0.6) is 0 Å². The third-order valence-corrected chi connectivity index (χ3v) is 5.46. The third kappa shape index (κ3) is 4.97. The lowest BCUT2D eigenvalue weighted by Crippen LogP contribution is -2.47. The maximum atomic E-state index is 12.3. The number of hydrogen-bond acceptors (Lipinski definition) is 6. The molecule has 4 atom stereocenters. The van der Waals surface area contributed by atoms with E-state index in [1.54, 1.807) is 0 Å². The highest BCUT2D eigenvalue weighted by atomic mass is 16.6. The fourth-order valence-corrected chi connectivity index (χ4v) is 3.79. The van der Waals surface area contributed by atoms with E-state index in [0.29, 0.717) is 0 Å². The smallest absolute Gasteiger partial charge is 0.330 e. The number of rotatable bonds is 8. The van der Waals surface area contributed by atoms with Gasteiger partial charge in [-0.3, -0.25) is 14.3 Å². The Labute approximate surface area is 190 Å². The largest absolute Gasteiger partial charge is 0.386 e. The fraction of sp³-hybridized carbons (Fsp3) is 0.280. The monoisotopic (exact) mass is 448 g/mol. The van der Waals surface area contributed by atoms with Crippen molar-refractivity contribution in [3.63, 3.8) is 0 Å². The topological polar surface area (TPSA) is 103 Å². The Kier molecular flexibility index (Phi) is 6.87. The predicted octanol–water partition coefficient (Wildman–Crippen LogP) is 1.60. The van der Waals surface area contributed by atoms with Crippen molar-refractivity contribution in [2.24, 2.45) is 0 Å². The molecular formula is C25H24N2O6. The van der Waals surface area contributed by atoms with Crippen molar-refractivity contribution in [3.8, 4) is 12.3 Å². The second kappa shape index (κ2) is 9.98. The first kappa shape index (κ1) is 22.7.